The van der Waals surface area contributed by atoms with Crippen LogP contribution in [0.2, 0.25) is 0 Å². The van der Waals surface area contributed by atoms with Gasteiger partial charge in [0.2, 0.25) is 0 Å². The Morgan fingerprint density at radius 2 is 1.88 bits per heavy atom. The summed E-state index contributed by atoms with van der Waals surface area (Å²) >= 11 is 0. The molecule has 82 valence electrons. The van der Waals surface area contributed by atoms with Crippen LogP contribution < -0.4 is 0 Å². The summed E-state index contributed by atoms with van der Waals surface area (Å²) in [5.74, 6) is -0.333. The molecule has 2 rings (SSSR count). The molecule has 1 N–H and O–H groups in total. The van der Waals surface area contributed by atoms with Gasteiger partial charge in [0.05, 0.1) is 12.7 Å². The fourth-order valence-electron chi connectivity index (χ4n) is 1.82. The zero-order valence-electron chi connectivity index (χ0n) is 9.15. The number of hydrogen-bond acceptors (Lipinski definition) is 3. The summed E-state index contributed by atoms with van der Waals surface area (Å²) in [5, 5.41) is 11.4. The van der Waals surface area contributed by atoms with E-state index < -0.39 is 5.97 Å². The van der Waals surface area contributed by atoms with Crippen molar-refractivity contribution in [2.75, 3.05) is 7.11 Å². The molecule has 0 saturated carbocycles. The van der Waals surface area contributed by atoms with Crippen LogP contribution >= 0.6 is 0 Å². The number of esters is 1. The summed E-state index contributed by atoms with van der Waals surface area (Å²) in [6, 6.07) is 8.86. The van der Waals surface area contributed by atoms with Crippen molar-refractivity contribution in [2.24, 2.45) is 0 Å². The van der Waals surface area contributed by atoms with Crippen LogP contribution in [0.15, 0.2) is 30.3 Å². The van der Waals surface area contributed by atoms with Gasteiger partial charge in [-0.1, -0.05) is 24.3 Å². The van der Waals surface area contributed by atoms with E-state index in [1.165, 1.54) is 13.2 Å². The Morgan fingerprint density at radius 3 is 2.50 bits per heavy atom. The minimum Gasteiger partial charge on any atom is -0.507 e. The highest BCUT2D eigenvalue weighted by Gasteiger charge is 2.14. The smallest absolute Gasteiger partial charge is 0.338 e. The molecule has 0 aliphatic carbocycles. The first kappa shape index (κ1) is 10.5. The molecule has 0 bridgehead atoms. The van der Waals surface area contributed by atoms with Crippen LogP contribution in [0.3, 0.4) is 0 Å². The highest BCUT2D eigenvalue weighted by Crippen LogP contribution is 2.30. The molecule has 0 amide bonds. The quantitative estimate of drug-likeness (QED) is 0.745. The van der Waals surface area contributed by atoms with Gasteiger partial charge in [0, 0.05) is 5.39 Å². The standard InChI is InChI=1S/C13H12O3/c1-8-9-5-3-4-6-10(9)12(14)7-11(8)13(15)16-2/h3-7,14H,1-2H3. The Hall–Kier alpha value is -2.03. The van der Waals surface area contributed by atoms with Gasteiger partial charge in [-0.05, 0) is 23.9 Å². The predicted molar refractivity (Wildman–Crippen MR) is 61.7 cm³/mol. The number of aromatic hydroxyl groups is 1. The molecule has 0 spiro atoms. The van der Waals surface area contributed by atoms with Crippen molar-refractivity contribution in [3.8, 4) is 5.75 Å². The predicted octanol–water partition coefficient (Wildman–Crippen LogP) is 2.64. The summed E-state index contributed by atoms with van der Waals surface area (Å²) in [7, 11) is 1.33. The number of carbonyl (C=O) groups is 1. The van der Waals surface area contributed by atoms with Crippen LogP contribution in [0.1, 0.15) is 15.9 Å². The number of phenolic OH excluding ortho intramolecular Hbond substituents is 1. The van der Waals surface area contributed by atoms with Gasteiger partial charge in [-0.3, -0.25) is 0 Å². The van der Waals surface area contributed by atoms with Crippen molar-refractivity contribution < 1.29 is 14.6 Å². The average Bonchev–Trinajstić information content (AvgIpc) is 2.33. The van der Waals surface area contributed by atoms with Crippen LogP contribution in [0.5, 0.6) is 5.75 Å². The Labute approximate surface area is 93.3 Å². The fraction of sp³-hybridized carbons (Fsp3) is 0.154. The van der Waals surface area contributed by atoms with Crippen molar-refractivity contribution in [2.45, 2.75) is 6.92 Å². The normalized spacial score (nSPS) is 10.4. The number of ether oxygens (including phenoxy) is 1. The van der Waals surface area contributed by atoms with Gasteiger partial charge in [-0.25, -0.2) is 4.79 Å². The topological polar surface area (TPSA) is 46.5 Å². The molecule has 2 aromatic rings. The van der Waals surface area contributed by atoms with Crippen molar-refractivity contribution in [3.63, 3.8) is 0 Å². The minimum absolute atomic E-state index is 0.0987. The van der Waals surface area contributed by atoms with E-state index in [2.05, 4.69) is 4.74 Å². The molecule has 2 aromatic carbocycles. The second kappa shape index (κ2) is 3.85. The molecule has 16 heavy (non-hydrogen) atoms. The SMILES string of the molecule is COC(=O)c1cc(O)c2ccccc2c1C. The lowest BCUT2D eigenvalue weighted by Crippen LogP contribution is -2.04. The number of hydrogen-bond donors (Lipinski definition) is 1. The molecule has 3 heteroatoms. The summed E-state index contributed by atoms with van der Waals surface area (Å²) in [6.45, 7) is 1.84. The highest BCUT2D eigenvalue weighted by molar-refractivity contribution is 6.01. The molecule has 3 nitrogen and oxygen atoms in total. The van der Waals surface area contributed by atoms with Crippen LogP contribution in [-0.2, 0) is 4.74 Å². The van der Waals surface area contributed by atoms with Crippen LogP contribution in [0, 0.1) is 6.92 Å². The minimum atomic E-state index is -0.432. The van der Waals surface area contributed by atoms with Crippen LogP contribution in [0.4, 0.5) is 0 Å². The molecule has 0 radical (unpaired) electrons. The Morgan fingerprint density at radius 1 is 1.25 bits per heavy atom. The maximum absolute atomic E-state index is 11.5. The Balaban J connectivity index is 2.80. The zero-order chi connectivity index (χ0) is 11.7. The van der Waals surface area contributed by atoms with E-state index in [4.69, 9.17) is 0 Å². The van der Waals surface area contributed by atoms with Crippen molar-refractivity contribution in [3.05, 3.63) is 41.5 Å². The van der Waals surface area contributed by atoms with E-state index in [-0.39, 0.29) is 5.75 Å². The lowest BCUT2D eigenvalue weighted by molar-refractivity contribution is 0.0599. The van der Waals surface area contributed by atoms with Crippen LogP contribution in [-0.4, -0.2) is 18.2 Å². The molecular formula is C13H12O3. The molecular weight excluding hydrogens is 204 g/mol. The lowest BCUT2D eigenvalue weighted by atomic mass is 9.99. The van der Waals surface area contributed by atoms with E-state index in [1.54, 1.807) is 0 Å². The second-order valence-electron chi connectivity index (χ2n) is 3.61. The van der Waals surface area contributed by atoms with Gasteiger partial charge in [-0.2, -0.15) is 0 Å². The number of carbonyl (C=O) groups excluding carboxylic acids is 1. The molecule has 0 fully saturated rings. The average molecular weight is 216 g/mol. The highest BCUT2D eigenvalue weighted by atomic mass is 16.5. The van der Waals surface area contributed by atoms with Crippen molar-refractivity contribution in [1.82, 2.24) is 0 Å². The number of phenols is 1. The van der Waals surface area contributed by atoms with E-state index in [0.717, 1.165) is 16.3 Å². The van der Waals surface area contributed by atoms with E-state index in [9.17, 15) is 9.90 Å². The third-order valence-electron chi connectivity index (χ3n) is 2.70. The molecule has 0 aliphatic heterocycles. The first-order valence-corrected chi connectivity index (χ1v) is 4.94. The van der Waals surface area contributed by atoms with Gasteiger partial charge in [0.25, 0.3) is 0 Å². The van der Waals surface area contributed by atoms with Gasteiger partial charge in [-0.15, -0.1) is 0 Å². The maximum atomic E-state index is 11.5. The Kier molecular flexibility index (Phi) is 2.52. The first-order valence-electron chi connectivity index (χ1n) is 4.94. The molecule has 0 aliphatic rings. The number of aryl methyl sites for hydroxylation is 1. The van der Waals surface area contributed by atoms with Crippen LogP contribution in [0.25, 0.3) is 10.8 Å². The van der Waals surface area contributed by atoms with Crippen molar-refractivity contribution in [1.29, 1.82) is 0 Å². The summed E-state index contributed by atoms with van der Waals surface area (Å²) < 4.78 is 4.67. The maximum Gasteiger partial charge on any atom is 0.338 e. The summed E-state index contributed by atoms with van der Waals surface area (Å²) in [6.07, 6.45) is 0. The summed E-state index contributed by atoms with van der Waals surface area (Å²) in [5.41, 5.74) is 1.22. The lowest BCUT2D eigenvalue weighted by Gasteiger charge is -2.09. The molecule has 0 aromatic heterocycles. The zero-order valence-corrected chi connectivity index (χ0v) is 9.15. The van der Waals surface area contributed by atoms with Gasteiger partial charge in [0.1, 0.15) is 5.75 Å². The summed E-state index contributed by atoms with van der Waals surface area (Å²) in [4.78, 5) is 11.5. The number of benzene rings is 2. The second-order valence-corrected chi connectivity index (χ2v) is 3.61. The monoisotopic (exact) mass is 216 g/mol. The molecule has 0 saturated heterocycles. The van der Waals surface area contributed by atoms with Gasteiger partial charge >= 0.3 is 5.97 Å². The third kappa shape index (κ3) is 1.50. The van der Waals surface area contributed by atoms with Crippen molar-refractivity contribution >= 4 is 16.7 Å². The molecule has 0 unspecified atom stereocenters. The number of methoxy groups -OCH3 is 1. The number of fused-ring (bicyclic) bond motifs is 1. The van der Waals surface area contributed by atoms with Gasteiger partial charge < -0.3 is 9.84 Å². The molecule has 0 atom stereocenters. The number of rotatable bonds is 1. The first-order chi connectivity index (χ1) is 7.65. The van der Waals surface area contributed by atoms with E-state index in [0.29, 0.717) is 5.56 Å². The Bertz CT molecular complexity index is 558. The largest absolute Gasteiger partial charge is 0.507 e. The molecule has 0 heterocycles. The fourth-order valence-corrected chi connectivity index (χ4v) is 1.82. The third-order valence-corrected chi connectivity index (χ3v) is 2.70. The van der Waals surface area contributed by atoms with Gasteiger partial charge in [0.15, 0.2) is 0 Å². The van der Waals surface area contributed by atoms with E-state index in [1.807, 2.05) is 31.2 Å². The van der Waals surface area contributed by atoms with E-state index >= 15 is 0 Å².